The van der Waals surface area contributed by atoms with Crippen molar-refractivity contribution in [3.05, 3.63) is 98.1 Å². The number of nitrogens with zero attached hydrogens (tertiary/aromatic N) is 5. The number of thiazole rings is 1. The lowest BCUT2D eigenvalue weighted by atomic mass is 10.1. The minimum Gasteiger partial charge on any atom is -0.279 e. The van der Waals surface area contributed by atoms with Gasteiger partial charge in [-0.25, -0.2) is 9.37 Å². The van der Waals surface area contributed by atoms with Crippen LogP contribution in [0.5, 0.6) is 0 Å². The average Bonchev–Trinajstić information content (AvgIpc) is 3.23. The lowest BCUT2D eigenvalue weighted by molar-refractivity contribution is -0.394. The number of anilines is 1. The second-order valence-corrected chi connectivity index (χ2v) is 7.60. The van der Waals surface area contributed by atoms with Gasteiger partial charge < -0.3 is 0 Å². The zero-order chi connectivity index (χ0) is 22.8. The lowest BCUT2D eigenvalue weighted by Gasteiger charge is -2.20. The summed E-state index contributed by atoms with van der Waals surface area (Å²) in [6, 6.07) is 10.4. The van der Waals surface area contributed by atoms with Gasteiger partial charge in [0.15, 0.2) is 5.13 Å². The fourth-order valence-corrected chi connectivity index (χ4v) is 3.98. The summed E-state index contributed by atoms with van der Waals surface area (Å²) in [5, 5.41) is 22.6. The molecule has 4 aromatic rings. The Hall–Kier alpha value is -4.32. The van der Waals surface area contributed by atoms with Crippen LogP contribution in [0.15, 0.2) is 60.9 Å². The second-order valence-electron chi connectivity index (χ2n) is 6.59. The van der Waals surface area contributed by atoms with Crippen LogP contribution >= 0.6 is 11.3 Å². The maximum Gasteiger partial charge on any atom is 0.277 e. The third-order valence-electron chi connectivity index (χ3n) is 4.47. The summed E-state index contributed by atoms with van der Waals surface area (Å²) in [5.41, 5.74) is -0.782. The number of nitro groups is 2. The van der Waals surface area contributed by atoms with Gasteiger partial charge in [-0.15, -0.1) is 0 Å². The van der Waals surface area contributed by atoms with Crippen LogP contribution in [0.3, 0.4) is 0 Å². The zero-order valence-corrected chi connectivity index (χ0v) is 16.9. The van der Waals surface area contributed by atoms with Gasteiger partial charge in [0.1, 0.15) is 11.3 Å². The van der Waals surface area contributed by atoms with Crippen LogP contribution < -0.4 is 4.90 Å². The fraction of sp³-hybridized carbons (Fsp3) is 0.0500. The molecule has 0 spiro atoms. The van der Waals surface area contributed by atoms with E-state index >= 15 is 0 Å². The van der Waals surface area contributed by atoms with Gasteiger partial charge in [-0.3, -0.25) is 34.9 Å². The molecule has 0 unspecified atom stereocenters. The van der Waals surface area contributed by atoms with Gasteiger partial charge in [0.25, 0.3) is 17.3 Å². The predicted octanol–water partition coefficient (Wildman–Crippen LogP) is 4.49. The molecular formula is C20H12FN5O5S. The van der Waals surface area contributed by atoms with Crippen LogP contribution in [-0.4, -0.2) is 25.7 Å². The number of para-hydroxylation sites is 1. The summed E-state index contributed by atoms with van der Waals surface area (Å²) in [5.74, 6) is -1.33. The number of fused-ring (bicyclic) bond motifs is 1. The Labute approximate surface area is 182 Å². The highest BCUT2D eigenvalue weighted by Gasteiger charge is 2.26. The quantitative estimate of drug-likeness (QED) is 0.310. The molecule has 0 aliphatic carbocycles. The van der Waals surface area contributed by atoms with Crippen LogP contribution in [0.25, 0.3) is 10.2 Å². The van der Waals surface area contributed by atoms with Crippen LogP contribution in [-0.2, 0) is 6.54 Å². The van der Waals surface area contributed by atoms with Crippen molar-refractivity contribution in [3.8, 4) is 0 Å². The molecule has 0 atom stereocenters. The van der Waals surface area contributed by atoms with Crippen molar-refractivity contribution in [2.75, 3.05) is 4.90 Å². The number of non-ortho nitro benzene ring substituents is 2. The molecule has 0 N–H and O–H groups in total. The summed E-state index contributed by atoms with van der Waals surface area (Å²) >= 11 is 1.05. The Morgan fingerprint density at radius 1 is 1.06 bits per heavy atom. The molecule has 0 aliphatic heterocycles. The van der Waals surface area contributed by atoms with Gasteiger partial charge >= 0.3 is 0 Å². The number of halogens is 1. The number of rotatable bonds is 6. The molecule has 0 aliphatic rings. The molecule has 4 rings (SSSR count). The number of benzene rings is 2. The third-order valence-corrected chi connectivity index (χ3v) is 5.51. The van der Waals surface area contributed by atoms with E-state index in [1.165, 1.54) is 23.2 Å². The Morgan fingerprint density at radius 3 is 2.38 bits per heavy atom. The summed E-state index contributed by atoms with van der Waals surface area (Å²) in [7, 11) is 0. The lowest BCUT2D eigenvalue weighted by Crippen LogP contribution is -2.30. The van der Waals surface area contributed by atoms with Gasteiger partial charge in [-0.1, -0.05) is 23.5 Å². The molecule has 2 aromatic carbocycles. The van der Waals surface area contributed by atoms with Crippen molar-refractivity contribution in [2.24, 2.45) is 0 Å². The number of amides is 1. The topological polar surface area (TPSA) is 132 Å². The van der Waals surface area contributed by atoms with E-state index in [4.69, 9.17) is 0 Å². The minimum absolute atomic E-state index is 0.0371. The van der Waals surface area contributed by atoms with Crippen LogP contribution in [0.1, 0.15) is 15.9 Å². The van der Waals surface area contributed by atoms with Crippen molar-refractivity contribution >= 4 is 44.0 Å². The third kappa shape index (κ3) is 4.11. The van der Waals surface area contributed by atoms with Crippen molar-refractivity contribution in [1.29, 1.82) is 0 Å². The summed E-state index contributed by atoms with van der Waals surface area (Å²) in [4.78, 5) is 43.6. The van der Waals surface area contributed by atoms with Crippen molar-refractivity contribution in [3.63, 3.8) is 0 Å². The second kappa shape index (κ2) is 8.43. The first-order valence-corrected chi connectivity index (χ1v) is 9.85. The Kier molecular flexibility index (Phi) is 5.52. The number of carbonyl (C=O) groups excluding carboxylic acids is 1. The van der Waals surface area contributed by atoms with Crippen molar-refractivity contribution in [1.82, 2.24) is 9.97 Å². The van der Waals surface area contributed by atoms with Crippen LogP contribution in [0.2, 0.25) is 0 Å². The van der Waals surface area contributed by atoms with Crippen LogP contribution in [0.4, 0.5) is 20.9 Å². The molecular weight excluding hydrogens is 441 g/mol. The first kappa shape index (κ1) is 20.9. The molecule has 10 nitrogen and oxygen atoms in total. The van der Waals surface area contributed by atoms with E-state index in [-0.39, 0.29) is 22.8 Å². The summed E-state index contributed by atoms with van der Waals surface area (Å²) in [6.45, 7) is -0.0371. The van der Waals surface area contributed by atoms with Crippen molar-refractivity contribution < 1.29 is 19.0 Å². The SMILES string of the molecule is O=C(c1cc([N+](=O)[O-])cc([N+](=O)[O-])c1)N(Cc1cccnc1)c1nc2c(F)cccc2s1. The molecule has 32 heavy (non-hydrogen) atoms. The van der Waals surface area contributed by atoms with Gasteiger partial charge in [0, 0.05) is 24.5 Å². The molecule has 0 fully saturated rings. The van der Waals surface area contributed by atoms with E-state index < -0.39 is 32.9 Å². The maximum absolute atomic E-state index is 14.2. The largest absolute Gasteiger partial charge is 0.279 e. The standard InChI is InChI=1S/C20H12FN5O5S/c21-16-4-1-5-17-18(16)23-20(32-17)24(11-12-3-2-6-22-10-12)19(27)13-7-14(25(28)29)9-15(8-13)26(30)31/h1-10H,11H2. The van der Waals surface area contributed by atoms with E-state index in [0.717, 1.165) is 29.5 Å². The van der Waals surface area contributed by atoms with Crippen molar-refractivity contribution in [2.45, 2.75) is 6.54 Å². The highest BCUT2D eigenvalue weighted by atomic mass is 32.1. The van der Waals surface area contributed by atoms with Gasteiger partial charge in [-0.2, -0.15) is 0 Å². The molecule has 0 bridgehead atoms. The molecule has 0 saturated carbocycles. The number of hydrogen-bond donors (Lipinski definition) is 0. The van der Waals surface area contributed by atoms with E-state index in [9.17, 15) is 29.4 Å². The molecule has 1 amide bonds. The zero-order valence-electron chi connectivity index (χ0n) is 16.0. The number of pyridine rings is 1. The van der Waals surface area contributed by atoms with E-state index in [0.29, 0.717) is 10.3 Å². The highest BCUT2D eigenvalue weighted by Crippen LogP contribution is 2.33. The van der Waals surface area contributed by atoms with Gasteiger partial charge in [0.2, 0.25) is 0 Å². The van der Waals surface area contributed by atoms with Gasteiger partial charge in [-0.05, 0) is 23.8 Å². The minimum atomic E-state index is -0.817. The number of carbonyl (C=O) groups is 1. The first-order chi connectivity index (χ1) is 15.3. The number of hydrogen-bond acceptors (Lipinski definition) is 8. The number of aromatic nitrogens is 2. The summed E-state index contributed by atoms with van der Waals surface area (Å²) < 4.78 is 14.7. The normalized spacial score (nSPS) is 10.8. The Bertz CT molecular complexity index is 1330. The monoisotopic (exact) mass is 453 g/mol. The number of nitro benzene ring substituents is 2. The first-order valence-electron chi connectivity index (χ1n) is 9.03. The van der Waals surface area contributed by atoms with Gasteiger partial charge in [0.05, 0.1) is 32.7 Å². The van der Waals surface area contributed by atoms with E-state index in [1.54, 1.807) is 24.4 Å². The maximum atomic E-state index is 14.2. The molecule has 0 radical (unpaired) electrons. The van der Waals surface area contributed by atoms with E-state index in [1.807, 2.05) is 0 Å². The van der Waals surface area contributed by atoms with E-state index in [2.05, 4.69) is 9.97 Å². The molecule has 160 valence electrons. The molecule has 0 saturated heterocycles. The van der Waals surface area contributed by atoms with Crippen LogP contribution in [0, 0.1) is 26.0 Å². The molecule has 2 aromatic heterocycles. The predicted molar refractivity (Wildman–Crippen MR) is 114 cm³/mol. The Morgan fingerprint density at radius 2 is 1.78 bits per heavy atom. The Balaban J connectivity index is 1.84. The summed E-state index contributed by atoms with van der Waals surface area (Å²) in [6.07, 6.45) is 3.07. The average molecular weight is 453 g/mol. The fourth-order valence-electron chi connectivity index (χ4n) is 3.00. The molecule has 12 heteroatoms. The molecule has 2 heterocycles. The highest BCUT2D eigenvalue weighted by molar-refractivity contribution is 7.22. The smallest absolute Gasteiger partial charge is 0.277 e.